The monoisotopic (exact) mass is 396 g/mol. The summed E-state index contributed by atoms with van der Waals surface area (Å²) in [6.45, 7) is 1.96. The number of nitrogens with one attached hydrogen (secondary N) is 1. The number of anilines is 1. The number of rotatable bonds is 6. The molecule has 2 rings (SSSR count). The molecule has 0 unspecified atom stereocenters. The van der Waals surface area contributed by atoms with E-state index >= 15 is 0 Å². The van der Waals surface area contributed by atoms with Crippen LogP contribution in [0.1, 0.15) is 6.92 Å². The van der Waals surface area contributed by atoms with Crippen LogP contribution in [-0.4, -0.2) is 27.4 Å². The number of hydrogen-bond donors (Lipinski definition) is 1. The second-order valence-electron chi connectivity index (χ2n) is 4.75. The summed E-state index contributed by atoms with van der Waals surface area (Å²) < 4.78 is 27.7. The lowest BCUT2D eigenvalue weighted by Gasteiger charge is -2.24. The van der Waals surface area contributed by atoms with E-state index in [-0.39, 0.29) is 17.3 Å². The average Bonchev–Trinajstić information content (AvgIpc) is 2.55. The first-order valence-corrected chi connectivity index (χ1v) is 9.28. The van der Waals surface area contributed by atoms with Crippen molar-refractivity contribution < 1.29 is 13.2 Å². The largest absolute Gasteiger partial charge is 0.355 e. The topological polar surface area (TPSA) is 66.5 Å². The summed E-state index contributed by atoms with van der Waals surface area (Å²) in [6, 6.07) is 14.9. The summed E-state index contributed by atoms with van der Waals surface area (Å²) in [4.78, 5) is 12.1. The van der Waals surface area contributed by atoms with Gasteiger partial charge in [-0.25, -0.2) is 8.42 Å². The Morgan fingerprint density at radius 2 is 1.70 bits per heavy atom. The van der Waals surface area contributed by atoms with Crippen molar-refractivity contribution in [2.75, 3.05) is 17.4 Å². The third-order valence-electron chi connectivity index (χ3n) is 3.11. The lowest BCUT2D eigenvalue weighted by atomic mass is 10.3. The Kier molecular flexibility index (Phi) is 5.79. The molecule has 0 heterocycles. The van der Waals surface area contributed by atoms with Crippen LogP contribution in [0.2, 0.25) is 0 Å². The summed E-state index contributed by atoms with van der Waals surface area (Å²) in [7, 11) is -3.82. The smallest absolute Gasteiger partial charge is 0.264 e. The number of likely N-dealkylation sites (N-methyl/N-ethyl adjacent to an activating group) is 1. The predicted molar refractivity (Wildman–Crippen MR) is 93.8 cm³/mol. The molecule has 1 amide bonds. The fraction of sp³-hybridized carbons (Fsp3) is 0.188. The van der Waals surface area contributed by atoms with E-state index in [1.807, 2.05) is 0 Å². The van der Waals surface area contributed by atoms with Gasteiger partial charge in [0.15, 0.2) is 0 Å². The third kappa shape index (κ3) is 4.33. The molecule has 5 nitrogen and oxygen atoms in total. The van der Waals surface area contributed by atoms with Gasteiger partial charge in [-0.1, -0.05) is 34.1 Å². The van der Waals surface area contributed by atoms with Crippen LogP contribution in [0.15, 0.2) is 64.0 Å². The predicted octanol–water partition coefficient (Wildman–Crippen LogP) is 2.78. The highest BCUT2D eigenvalue weighted by Gasteiger charge is 2.26. The van der Waals surface area contributed by atoms with E-state index in [0.717, 1.165) is 8.78 Å². The highest BCUT2D eigenvalue weighted by atomic mass is 79.9. The molecule has 7 heteroatoms. The first-order chi connectivity index (χ1) is 10.9. The van der Waals surface area contributed by atoms with Gasteiger partial charge in [-0.3, -0.25) is 9.10 Å². The van der Waals surface area contributed by atoms with E-state index in [1.54, 1.807) is 49.4 Å². The van der Waals surface area contributed by atoms with Crippen molar-refractivity contribution in [2.24, 2.45) is 0 Å². The maximum Gasteiger partial charge on any atom is 0.264 e. The van der Waals surface area contributed by atoms with E-state index in [1.165, 1.54) is 12.1 Å². The number of carbonyl (C=O) groups is 1. The van der Waals surface area contributed by atoms with Crippen LogP contribution >= 0.6 is 15.9 Å². The van der Waals surface area contributed by atoms with E-state index < -0.39 is 10.0 Å². The maximum absolute atomic E-state index is 12.9. The van der Waals surface area contributed by atoms with Gasteiger partial charge in [0.2, 0.25) is 5.91 Å². The number of hydrogen-bond acceptors (Lipinski definition) is 3. The Balaban J connectivity index is 2.44. The van der Waals surface area contributed by atoms with Gasteiger partial charge in [-0.05, 0) is 43.3 Å². The van der Waals surface area contributed by atoms with Crippen molar-refractivity contribution in [1.29, 1.82) is 0 Å². The number of nitrogens with zero attached hydrogens (tertiary/aromatic N) is 1. The Labute approximate surface area is 144 Å². The fourth-order valence-corrected chi connectivity index (χ4v) is 3.73. The minimum atomic E-state index is -3.82. The fourth-order valence-electron chi connectivity index (χ4n) is 2.03. The van der Waals surface area contributed by atoms with Gasteiger partial charge in [-0.2, -0.15) is 0 Å². The molecule has 0 bridgehead atoms. The maximum atomic E-state index is 12.9. The van der Waals surface area contributed by atoms with Gasteiger partial charge >= 0.3 is 0 Å². The van der Waals surface area contributed by atoms with Crippen LogP contribution in [-0.2, 0) is 14.8 Å². The Morgan fingerprint density at radius 1 is 1.09 bits per heavy atom. The van der Waals surface area contributed by atoms with Crippen molar-refractivity contribution in [3.05, 3.63) is 59.1 Å². The first kappa shape index (κ1) is 17.5. The van der Waals surface area contributed by atoms with Gasteiger partial charge in [0.05, 0.1) is 10.6 Å². The zero-order chi connectivity index (χ0) is 16.9. The molecular formula is C16H17BrN2O3S. The molecule has 0 radical (unpaired) electrons. The zero-order valence-electron chi connectivity index (χ0n) is 12.6. The Morgan fingerprint density at radius 3 is 2.26 bits per heavy atom. The molecule has 122 valence electrons. The van der Waals surface area contributed by atoms with Gasteiger partial charge < -0.3 is 5.32 Å². The lowest BCUT2D eigenvalue weighted by Crippen LogP contribution is -2.40. The number of halogens is 1. The Bertz CT molecular complexity index is 762. The second-order valence-corrected chi connectivity index (χ2v) is 7.53. The zero-order valence-corrected chi connectivity index (χ0v) is 15.0. The molecule has 0 aromatic heterocycles. The summed E-state index contributed by atoms with van der Waals surface area (Å²) in [5.41, 5.74) is 0.434. The van der Waals surface area contributed by atoms with Gasteiger partial charge in [0, 0.05) is 11.0 Å². The Hall–Kier alpha value is -1.86. The molecule has 0 spiro atoms. The van der Waals surface area contributed by atoms with Crippen molar-refractivity contribution in [3.8, 4) is 0 Å². The molecule has 1 N–H and O–H groups in total. The highest BCUT2D eigenvalue weighted by molar-refractivity contribution is 9.10. The standard InChI is InChI=1S/C16H17BrN2O3S/c1-2-18-16(20)12-19(14-10-8-13(17)9-11-14)23(21,22)15-6-4-3-5-7-15/h3-11H,2,12H2,1H3,(H,18,20). The van der Waals surface area contributed by atoms with Crippen LogP contribution in [0.25, 0.3) is 0 Å². The SMILES string of the molecule is CCNC(=O)CN(c1ccc(Br)cc1)S(=O)(=O)c1ccccc1. The number of benzene rings is 2. The van der Waals surface area contributed by atoms with Crippen LogP contribution in [0.4, 0.5) is 5.69 Å². The third-order valence-corrected chi connectivity index (χ3v) is 5.42. The van der Waals surface area contributed by atoms with Crippen LogP contribution in [0.3, 0.4) is 0 Å². The van der Waals surface area contributed by atoms with Gasteiger partial charge in [0.1, 0.15) is 6.54 Å². The molecular weight excluding hydrogens is 380 g/mol. The molecule has 2 aromatic rings. The number of amides is 1. The van der Waals surface area contributed by atoms with Crippen LogP contribution < -0.4 is 9.62 Å². The van der Waals surface area contributed by atoms with Crippen LogP contribution in [0.5, 0.6) is 0 Å². The molecule has 0 atom stereocenters. The molecule has 0 aliphatic heterocycles. The normalized spacial score (nSPS) is 11.0. The average molecular weight is 397 g/mol. The molecule has 2 aromatic carbocycles. The lowest BCUT2D eigenvalue weighted by molar-refractivity contribution is -0.119. The van der Waals surface area contributed by atoms with Gasteiger partial charge in [-0.15, -0.1) is 0 Å². The minimum absolute atomic E-state index is 0.146. The summed E-state index contributed by atoms with van der Waals surface area (Å²) in [6.07, 6.45) is 0. The molecule has 0 aliphatic carbocycles. The molecule has 0 saturated heterocycles. The second kappa shape index (κ2) is 7.61. The van der Waals surface area contributed by atoms with Crippen molar-refractivity contribution >= 4 is 37.5 Å². The summed E-state index contributed by atoms with van der Waals surface area (Å²) in [5, 5.41) is 2.63. The van der Waals surface area contributed by atoms with Crippen LogP contribution in [0, 0.1) is 0 Å². The van der Waals surface area contributed by atoms with E-state index in [2.05, 4.69) is 21.2 Å². The number of sulfonamides is 1. The van der Waals surface area contributed by atoms with E-state index in [9.17, 15) is 13.2 Å². The molecule has 0 aliphatic rings. The first-order valence-electron chi connectivity index (χ1n) is 7.05. The quantitative estimate of drug-likeness (QED) is 0.815. The molecule has 0 fully saturated rings. The summed E-state index contributed by atoms with van der Waals surface area (Å²) >= 11 is 3.32. The minimum Gasteiger partial charge on any atom is -0.355 e. The van der Waals surface area contributed by atoms with Gasteiger partial charge in [0.25, 0.3) is 10.0 Å². The van der Waals surface area contributed by atoms with E-state index in [0.29, 0.717) is 12.2 Å². The van der Waals surface area contributed by atoms with Crippen molar-refractivity contribution in [3.63, 3.8) is 0 Å². The highest BCUT2D eigenvalue weighted by Crippen LogP contribution is 2.25. The number of carbonyl (C=O) groups excluding carboxylic acids is 1. The van der Waals surface area contributed by atoms with E-state index in [4.69, 9.17) is 0 Å². The molecule has 23 heavy (non-hydrogen) atoms. The molecule has 0 saturated carbocycles. The van der Waals surface area contributed by atoms with Crippen molar-refractivity contribution in [1.82, 2.24) is 5.32 Å². The summed E-state index contributed by atoms with van der Waals surface area (Å²) in [5.74, 6) is -0.352. The van der Waals surface area contributed by atoms with Crippen molar-refractivity contribution in [2.45, 2.75) is 11.8 Å².